The number of carbonyl (C=O) groups excluding carboxylic acids is 4. The minimum absolute atomic E-state index is 0.00483. The fourth-order valence-electron chi connectivity index (χ4n) is 5.24. The number of rotatable bonds is 10. The van der Waals surface area contributed by atoms with Gasteiger partial charge in [-0.15, -0.1) is 11.3 Å². The van der Waals surface area contributed by atoms with Crippen LogP contribution in [0.15, 0.2) is 29.8 Å². The number of nitrogens with one attached hydrogen (secondary N) is 2. The smallest absolute Gasteiger partial charge is 0.246 e. The molecule has 3 amide bonds. The highest BCUT2D eigenvalue weighted by Crippen LogP contribution is 2.45. The highest BCUT2D eigenvalue weighted by molar-refractivity contribution is 7.13. The third kappa shape index (κ3) is 7.09. The second-order valence-corrected chi connectivity index (χ2v) is 14.4. The first kappa shape index (κ1) is 31.8. The number of β-amino-alcohol motifs (C(OH)–C–C–N with tert-alkyl or cyclic N) is 1. The minimum atomic E-state index is -0.929. The number of likely N-dealkylation sites (tertiary alicyclic amines) is 1. The van der Waals surface area contributed by atoms with E-state index in [1.54, 1.807) is 16.8 Å². The molecule has 42 heavy (non-hydrogen) atoms. The van der Waals surface area contributed by atoms with Gasteiger partial charge in [0.1, 0.15) is 17.9 Å². The molecule has 228 valence electrons. The Balaban J connectivity index is 1.56. The van der Waals surface area contributed by atoms with Gasteiger partial charge in [0.25, 0.3) is 0 Å². The second-order valence-electron chi connectivity index (χ2n) is 13.5. The summed E-state index contributed by atoms with van der Waals surface area (Å²) in [5, 5.41) is 16.5. The Hall–Kier alpha value is -3.11. The molecule has 10 heteroatoms. The lowest BCUT2D eigenvalue weighted by molar-refractivity contribution is -0.145. The number of aryl methyl sites for hydroxylation is 1. The van der Waals surface area contributed by atoms with Gasteiger partial charge in [-0.1, -0.05) is 65.8 Å². The average molecular weight is 597 g/mol. The number of hydrogen-bond acceptors (Lipinski definition) is 7. The number of hydrogen-bond donors (Lipinski definition) is 3. The molecule has 3 N–H and O–H groups in total. The lowest BCUT2D eigenvalue weighted by Gasteiger charge is -2.36. The van der Waals surface area contributed by atoms with Crippen LogP contribution < -0.4 is 10.6 Å². The maximum absolute atomic E-state index is 13.9. The normalized spacial score (nSPS) is 21.1. The molecular weight excluding hydrogens is 552 g/mol. The fourth-order valence-corrected chi connectivity index (χ4v) is 6.05. The van der Waals surface area contributed by atoms with Gasteiger partial charge in [-0.2, -0.15) is 0 Å². The van der Waals surface area contributed by atoms with Crippen LogP contribution in [0.4, 0.5) is 0 Å². The topological polar surface area (TPSA) is 129 Å². The first-order valence-corrected chi connectivity index (χ1v) is 15.6. The summed E-state index contributed by atoms with van der Waals surface area (Å²) in [6.45, 7) is 13.1. The number of thiazole rings is 1. The number of nitrogens with zero attached hydrogens (tertiary/aromatic N) is 2. The number of aliphatic hydroxyl groups is 1. The molecule has 1 saturated heterocycles. The van der Waals surface area contributed by atoms with Crippen LogP contribution >= 0.6 is 11.3 Å². The molecule has 4 atom stereocenters. The lowest BCUT2D eigenvalue weighted by Crippen LogP contribution is -2.58. The number of carbonyl (C=O) groups is 4. The van der Waals surface area contributed by atoms with Crippen LogP contribution in [0.5, 0.6) is 0 Å². The molecule has 9 nitrogen and oxygen atoms in total. The molecule has 1 aliphatic carbocycles. The maximum atomic E-state index is 13.9. The quantitative estimate of drug-likeness (QED) is 0.378. The first-order chi connectivity index (χ1) is 19.6. The van der Waals surface area contributed by atoms with Gasteiger partial charge < -0.3 is 20.6 Å². The minimum Gasteiger partial charge on any atom is -0.391 e. The van der Waals surface area contributed by atoms with Gasteiger partial charge in [-0.3, -0.25) is 19.2 Å². The van der Waals surface area contributed by atoms with E-state index in [1.807, 2.05) is 72.7 Å². The predicted molar refractivity (Wildman–Crippen MR) is 162 cm³/mol. The molecule has 4 rings (SSSR count). The Morgan fingerprint density at radius 2 is 1.76 bits per heavy atom. The fraction of sp³-hybridized carbons (Fsp3) is 0.594. The third-order valence-electron chi connectivity index (χ3n) is 8.49. The zero-order chi connectivity index (χ0) is 31.0. The number of aromatic nitrogens is 1. The van der Waals surface area contributed by atoms with Crippen LogP contribution in [-0.2, 0) is 19.2 Å². The van der Waals surface area contributed by atoms with Crippen LogP contribution in [0, 0.1) is 23.7 Å². The van der Waals surface area contributed by atoms with E-state index in [2.05, 4.69) is 15.6 Å². The van der Waals surface area contributed by atoms with Crippen molar-refractivity contribution >= 4 is 34.8 Å². The molecule has 1 aromatic heterocycles. The summed E-state index contributed by atoms with van der Waals surface area (Å²) in [7, 11) is 0. The molecule has 0 unspecified atom stereocenters. The standard InChI is InChI=1S/C32H44N4O5S/c1-18(2)25(38)15-23(20-8-10-21(11-9-20)26-19(3)33-17-42-26)34-28(39)24-14-22(37)16-36(24)29(40)27(31(4,5)6)35-30(41)32(7)12-13-32/h8-11,17-18,22-24,27,37H,12-16H2,1-7H3,(H,34,39)(H,35,41)/t22-,23+,24+,27-/m1/s1. The van der Waals surface area contributed by atoms with Crippen molar-refractivity contribution in [1.29, 1.82) is 0 Å². The van der Waals surface area contributed by atoms with Gasteiger partial charge in [-0.25, -0.2) is 4.98 Å². The van der Waals surface area contributed by atoms with Crippen molar-refractivity contribution in [3.63, 3.8) is 0 Å². The Morgan fingerprint density at radius 3 is 2.29 bits per heavy atom. The average Bonchev–Trinajstić information content (AvgIpc) is 3.33. The van der Waals surface area contributed by atoms with Crippen molar-refractivity contribution in [1.82, 2.24) is 20.5 Å². The van der Waals surface area contributed by atoms with Crippen molar-refractivity contribution in [3.05, 3.63) is 41.0 Å². The second kappa shape index (κ2) is 12.2. The zero-order valence-corrected chi connectivity index (χ0v) is 26.5. The van der Waals surface area contributed by atoms with E-state index >= 15 is 0 Å². The molecule has 2 heterocycles. The van der Waals surface area contributed by atoms with Gasteiger partial charge in [0.15, 0.2) is 0 Å². The molecule has 1 aromatic carbocycles. The summed E-state index contributed by atoms with van der Waals surface area (Å²) in [6, 6.07) is 5.34. The maximum Gasteiger partial charge on any atom is 0.246 e. The summed E-state index contributed by atoms with van der Waals surface area (Å²) >= 11 is 1.55. The number of aliphatic hydroxyl groups excluding tert-OH is 1. The van der Waals surface area contributed by atoms with E-state index in [0.29, 0.717) is 0 Å². The highest BCUT2D eigenvalue weighted by atomic mass is 32.1. The van der Waals surface area contributed by atoms with E-state index in [1.165, 1.54) is 4.90 Å². The molecule has 2 fully saturated rings. The summed E-state index contributed by atoms with van der Waals surface area (Å²) in [6.07, 6.45) is 0.857. The van der Waals surface area contributed by atoms with Gasteiger partial charge >= 0.3 is 0 Å². The van der Waals surface area contributed by atoms with E-state index in [-0.39, 0.29) is 37.0 Å². The van der Waals surface area contributed by atoms with Gasteiger partial charge in [-0.05, 0) is 36.3 Å². The van der Waals surface area contributed by atoms with E-state index in [4.69, 9.17) is 0 Å². The van der Waals surface area contributed by atoms with Crippen molar-refractivity contribution in [2.45, 2.75) is 98.4 Å². The van der Waals surface area contributed by atoms with Crippen LogP contribution in [0.2, 0.25) is 0 Å². The first-order valence-electron chi connectivity index (χ1n) is 14.7. The highest BCUT2D eigenvalue weighted by Gasteiger charge is 2.49. The Labute approximate surface area is 252 Å². The number of Topliss-reactive ketones (excluding diaryl/α,β-unsaturated/α-hetero) is 1. The number of ketones is 1. The summed E-state index contributed by atoms with van der Waals surface area (Å²) in [5.74, 6) is -1.20. The SMILES string of the molecule is Cc1ncsc1-c1ccc([C@H](CC(=O)C(C)C)NC(=O)[C@@H]2C[C@@H](O)CN2C(=O)[C@@H](NC(=O)C2(C)CC2)C(C)(C)C)cc1. The number of amides is 3. The third-order valence-corrected chi connectivity index (χ3v) is 9.47. The van der Waals surface area contributed by atoms with Gasteiger partial charge in [0, 0.05) is 30.7 Å². The van der Waals surface area contributed by atoms with Gasteiger partial charge in [0.05, 0.1) is 28.2 Å². The summed E-state index contributed by atoms with van der Waals surface area (Å²) < 4.78 is 0. The molecule has 2 aliphatic rings. The van der Waals surface area contributed by atoms with Crippen molar-refractivity contribution < 1.29 is 24.3 Å². The van der Waals surface area contributed by atoms with Crippen molar-refractivity contribution in [2.75, 3.05) is 6.54 Å². The largest absolute Gasteiger partial charge is 0.391 e. The Morgan fingerprint density at radius 1 is 1.12 bits per heavy atom. The van der Waals surface area contributed by atoms with E-state index in [9.17, 15) is 24.3 Å². The molecule has 0 radical (unpaired) electrons. The van der Waals surface area contributed by atoms with Crippen LogP contribution in [0.25, 0.3) is 10.4 Å². The molecule has 0 spiro atoms. The van der Waals surface area contributed by atoms with Crippen molar-refractivity contribution in [2.24, 2.45) is 16.7 Å². The van der Waals surface area contributed by atoms with E-state index in [0.717, 1.165) is 34.5 Å². The summed E-state index contributed by atoms with van der Waals surface area (Å²) in [4.78, 5) is 60.2. The van der Waals surface area contributed by atoms with Crippen LogP contribution in [-0.4, -0.2) is 63.2 Å². The number of benzene rings is 1. The molecule has 1 saturated carbocycles. The molecule has 2 aromatic rings. The zero-order valence-electron chi connectivity index (χ0n) is 25.7. The Kier molecular flexibility index (Phi) is 9.28. The van der Waals surface area contributed by atoms with Gasteiger partial charge in [0.2, 0.25) is 17.7 Å². The van der Waals surface area contributed by atoms with Crippen LogP contribution in [0.3, 0.4) is 0 Å². The van der Waals surface area contributed by atoms with Crippen molar-refractivity contribution in [3.8, 4) is 10.4 Å². The molecule has 1 aliphatic heterocycles. The molecular formula is C32H44N4O5S. The monoisotopic (exact) mass is 596 g/mol. The predicted octanol–water partition coefficient (Wildman–Crippen LogP) is 4.18. The Bertz CT molecular complexity index is 1330. The van der Waals surface area contributed by atoms with Crippen LogP contribution in [0.1, 0.15) is 84.5 Å². The van der Waals surface area contributed by atoms with E-state index < -0.39 is 46.9 Å². The molecule has 0 bridgehead atoms. The summed E-state index contributed by atoms with van der Waals surface area (Å²) in [5.41, 5.74) is 3.44. The lowest BCUT2D eigenvalue weighted by atomic mass is 9.85.